The van der Waals surface area contributed by atoms with Gasteiger partial charge in [0, 0.05) is 24.8 Å². The predicted octanol–water partition coefficient (Wildman–Crippen LogP) is 2.94. The molecule has 2 aromatic rings. The maximum atomic E-state index is 12.6. The molecular formula is C19H22N2O3. The molecule has 0 saturated carbocycles. The lowest BCUT2D eigenvalue weighted by atomic mass is 9.99. The van der Waals surface area contributed by atoms with Crippen LogP contribution in [0, 0.1) is 0 Å². The zero-order chi connectivity index (χ0) is 17.1. The lowest BCUT2D eigenvalue weighted by molar-refractivity contribution is 0.102. The number of fused-ring (bicyclic) bond motifs is 1. The van der Waals surface area contributed by atoms with Crippen LogP contribution in [0.1, 0.15) is 21.5 Å². The van der Waals surface area contributed by atoms with Crippen molar-refractivity contribution in [3.63, 3.8) is 0 Å². The van der Waals surface area contributed by atoms with Gasteiger partial charge in [-0.3, -0.25) is 4.79 Å². The summed E-state index contributed by atoms with van der Waals surface area (Å²) in [5.41, 5.74) is 3.90. The van der Waals surface area contributed by atoms with Crippen LogP contribution >= 0.6 is 0 Å². The fraction of sp³-hybridized carbons (Fsp3) is 0.316. The minimum atomic E-state index is -0.196. The standard InChI is InChI=1S/C19H22N2O3/c1-21-9-8-13-4-5-15(10-14(13)12-21)20-19(22)17-7-6-16(23-2)11-18(17)24-3/h4-7,10-11H,8-9,12H2,1-3H3,(H,20,22). The van der Waals surface area contributed by atoms with E-state index in [2.05, 4.69) is 29.4 Å². The van der Waals surface area contributed by atoms with E-state index in [1.165, 1.54) is 11.1 Å². The van der Waals surface area contributed by atoms with Crippen molar-refractivity contribution in [1.82, 2.24) is 4.90 Å². The number of anilines is 1. The number of nitrogens with one attached hydrogen (secondary N) is 1. The average molecular weight is 326 g/mol. The van der Waals surface area contributed by atoms with Crippen LogP contribution in [0.4, 0.5) is 5.69 Å². The number of methoxy groups -OCH3 is 2. The van der Waals surface area contributed by atoms with E-state index in [9.17, 15) is 4.79 Å². The van der Waals surface area contributed by atoms with Gasteiger partial charge in [0.05, 0.1) is 19.8 Å². The molecule has 0 unspecified atom stereocenters. The third-order valence-electron chi connectivity index (χ3n) is 4.32. The molecule has 0 atom stereocenters. The molecule has 24 heavy (non-hydrogen) atoms. The molecule has 2 aromatic carbocycles. The fourth-order valence-electron chi connectivity index (χ4n) is 2.96. The Labute approximate surface area is 142 Å². The normalized spacial score (nSPS) is 14.0. The van der Waals surface area contributed by atoms with Gasteiger partial charge in [0.25, 0.3) is 5.91 Å². The van der Waals surface area contributed by atoms with Gasteiger partial charge in [0.15, 0.2) is 0 Å². The topological polar surface area (TPSA) is 50.8 Å². The summed E-state index contributed by atoms with van der Waals surface area (Å²) in [5, 5.41) is 2.96. The minimum Gasteiger partial charge on any atom is -0.497 e. The molecule has 1 heterocycles. The van der Waals surface area contributed by atoms with Gasteiger partial charge < -0.3 is 19.7 Å². The molecule has 0 radical (unpaired) electrons. The highest BCUT2D eigenvalue weighted by Gasteiger charge is 2.16. The molecule has 1 aliphatic rings. The summed E-state index contributed by atoms with van der Waals surface area (Å²) >= 11 is 0. The maximum Gasteiger partial charge on any atom is 0.259 e. The number of nitrogens with zero attached hydrogens (tertiary/aromatic N) is 1. The third kappa shape index (κ3) is 3.36. The molecule has 5 nitrogen and oxygen atoms in total. The van der Waals surface area contributed by atoms with E-state index in [0.29, 0.717) is 17.1 Å². The van der Waals surface area contributed by atoms with E-state index in [1.807, 2.05) is 6.07 Å². The first-order valence-corrected chi connectivity index (χ1v) is 7.94. The zero-order valence-corrected chi connectivity index (χ0v) is 14.3. The molecular weight excluding hydrogens is 304 g/mol. The molecule has 0 aromatic heterocycles. The molecule has 126 valence electrons. The van der Waals surface area contributed by atoms with Crippen molar-refractivity contribution in [2.24, 2.45) is 0 Å². The number of rotatable bonds is 4. The summed E-state index contributed by atoms with van der Waals surface area (Å²) < 4.78 is 10.5. The number of benzene rings is 2. The Morgan fingerprint density at radius 3 is 2.67 bits per heavy atom. The van der Waals surface area contributed by atoms with Gasteiger partial charge in [-0.2, -0.15) is 0 Å². The number of carbonyl (C=O) groups is 1. The van der Waals surface area contributed by atoms with Crippen molar-refractivity contribution in [3.8, 4) is 11.5 Å². The highest BCUT2D eigenvalue weighted by Crippen LogP contribution is 2.26. The Kier molecular flexibility index (Phi) is 4.71. The van der Waals surface area contributed by atoms with Gasteiger partial charge in [-0.1, -0.05) is 6.07 Å². The van der Waals surface area contributed by atoms with Gasteiger partial charge >= 0.3 is 0 Å². The predicted molar refractivity (Wildman–Crippen MR) is 94.0 cm³/mol. The van der Waals surface area contributed by atoms with E-state index in [4.69, 9.17) is 9.47 Å². The smallest absolute Gasteiger partial charge is 0.259 e. The molecule has 1 N–H and O–H groups in total. The quantitative estimate of drug-likeness (QED) is 0.938. The van der Waals surface area contributed by atoms with Gasteiger partial charge in [-0.05, 0) is 48.9 Å². The number of hydrogen-bond donors (Lipinski definition) is 1. The van der Waals surface area contributed by atoms with E-state index >= 15 is 0 Å². The first-order valence-electron chi connectivity index (χ1n) is 7.94. The molecule has 0 bridgehead atoms. The van der Waals surface area contributed by atoms with Crippen LogP contribution < -0.4 is 14.8 Å². The first-order chi connectivity index (χ1) is 11.6. The Morgan fingerprint density at radius 1 is 1.08 bits per heavy atom. The third-order valence-corrected chi connectivity index (χ3v) is 4.32. The summed E-state index contributed by atoms with van der Waals surface area (Å²) in [6.07, 6.45) is 1.05. The zero-order valence-electron chi connectivity index (χ0n) is 14.3. The largest absolute Gasteiger partial charge is 0.497 e. The van der Waals surface area contributed by atoms with Crippen LogP contribution in [0.3, 0.4) is 0 Å². The van der Waals surface area contributed by atoms with Crippen LogP contribution in [0.5, 0.6) is 11.5 Å². The Morgan fingerprint density at radius 2 is 1.92 bits per heavy atom. The van der Waals surface area contributed by atoms with Gasteiger partial charge in [-0.15, -0.1) is 0 Å². The molecule has 0 fully saturated rings. The monoisotopic (exact) mass is 326 g/mol. The Balaban J connectivity index is 1.81. The van der Waals surface area contributed by atoms with E-state index in [0.717, 1.165) is 25.2 Å². The first kappa shape index (κ1) is 16.3. The number of hydrogen-bond acceptors (Lipinski definition) is 4. The number of likely N-dealkylation sites (N-methyl/N-ethyl adjacent to an activating group) is 1. The molecule has 1 amide bonds. The summed E-state index contributed by atoms with van der Waals surface area (Å²) in [6.45, 7) is 1.98. The number of carbonyl (C=O) groups excluding carboxylic acids is 1. The van der Waals surface area contributed by atoms with Crippen molar-refractivity contribution >= 4 is 11.6 Å². The van der Waals surface area contributed by atoms with Crippen LogP contribution in [0.15, 0.2) is 36.4 Å². The molecule has 0 aliphatic carbocycles. The molecule has 0 saturated heterocycles. The second-order valence-corrected chi connectivity index (χ2v) is 5.99. The fourth-order valence-corrected chi connectivity index (χ4v) is 2.96. The van der Waals surface area contributed by atoms with Crippen molar-refractivity contribution in [2.75, 3.05) is 33.1 Å². The average Bonchev–Trinajstić information content (AvgIpc) is 2.60. The molecule has 0 spiro atoms. The molecule has 1 aliphatic heterocycles. The van der Waals surface area contributed by atoms with Crippen molar-refractivity contribution in [3.05, 3.63) is 53.1 Å². The van der Waals surface area contributed by atoms with E-state index in [1.54, 1.807) is 32.4 Å². The van der Waals surface area contributed by atoms with Crippen LogP contribution in [-0.2, 0) is 13.0 Å². The Hall–Kier alpha value is -2.53. The second kappa shape index (κ2) is 6.93. The van der Waals surface area contributed by atoms with Gasteiger partial charge in [-0.25, -0.2) is 0 Å². The van der Waals surface area contributed by atoms with Crippen molar-refractivity contribution < 1.29 is 14.3 Å². The summed E-state index contributed by atoms with van der Waals surface area (Å²) in [5.74, 6) is 0.948. The minimum absolute atomic E-state index is 0.196. The van der Waals surface area contributed by atoms with Gasteiger partial charge in [0.2, 0.25) is 0 Å². The number of amides is 1. The van der Waals surface area contributed by atoms with Crippen molar-refractivity contribution in [1.29, 1.82) is 0 Å². The van der Waals surface area contributed by atoms with Gasteiger partial charge in [0.1, 0.15) is 11.5 Å². The molecule has 3 rings (SSSR count). The summed E-state index contributed by atoms with van der Waals surface area (Å²) in [4.78, 5) is 14.9. The summed E-state index contributed by atoms with van der Waals surface area (Å²) in [7, 11) is 5.23. The number of ether oxygens (including phenoxy) is 2. The molecule has 5 heteroatoms. The van der Waals surface area contributed by atoms with Crippen LogP contribution in [0.2, 0.25) is 0 Å². The summed E-state index contributed by atoms with van der Waals surface area (Å²) in [6, 6.07) is 11.3. The SMILES string of the molecule is COc1ccc(C(=O)Nc2ccc3c(c2)CN(C)CC3)c(OC)c1. The maximum absolute atomic E-state index is 12.6. The highest BCUT2D eigenvalue weighted by molar-refractivity contribution is 6.06. The highest BCUT2D eigenvalue weighted by atomic mass is 16.5. The second-order valence-electron chi connectivity index (χ2n) is 5.99. The lowest BCUT2D eigenvalue weighted by Crippen LogP contribution is -2.26. The lowest BCUT2D eigenvalue weighted by Gasteiger charge is -2.25. The van der Waals surface area contributed by atoms with Crippen LogP contribution in [-0.4, -0.2) is 38.6 Å². The Bertz CT molecular complexity index is 758. The van der Waals surface area contributed by atoms with Crippen LogP contribution in [0.25, 0.3) is 0 Å². The van der Waals surface area contributed by atoms with Crippen molar-refractivity contribution in [2.45, 2.75) is 13.0 Å². The van der Waals surface area contributed by atoms with E-state index < -0.39 is 0 Å². The van der Waals surface area contributed by atoms with E-state index in [-0.39, 0.29) is 5.91 Å².